The molecule has 0 radical (unpaired) electrons. The molecule has 0 aromatic heterocycles. The van der Waals surface area contributed by atoms with Crippen LogP contribution in [0.5, 0.6) is 11.5 Å². The first kappa shape index (κ1) is 12.2. The summed E-state index contributed by atoms with van der Waals surface area (Å²) >= 11 is 0. The molecule has 0 aliphatic carbocycles. The fourth-order valence-electron chi connectivity index (χ4n) is 2.46. The molecule has 0 fully saturated rings. The van der Waals surface area contributed by atoms with Crippen LogP contribution in [0.4, 0.5) is 0 Å². The Morgan fingerprint density at radius 3 is 2.82 bits per heavy atom. The van der Waals surface area contributed by atoms with Crippen LogP contribution in [0, 0.1) is 0 Å². The number of para-hydroxylation sites is 1. The molecular weight excluding hydrogens is 214 g/mol. The second-order valence-corrected chi connectivity index (χ2v) is 4.52. The topological polar surface area (TPSA) is 32.7 Å². The van der Waals surface area contributed by atoms with E-state index in [2.05, 4.69) is 24.8 Å². The number of benzene rings is 1. The van der Waals surface area contributed by atoms with Gasteiger partial charge in [-0.1, -0.05) is 26.0 Å². The van der Waals surface area contributed by atoms with E-state index in [0.29, 0.717) is 18.3 Å². The number of ether oxygens (including phenoxy) is 1. The number of fused-ring (bicyclic) bond motifs is 1. The molecule has 1 aliphatic rings. The van der Waals surface area contributed by atoms with Crippen LogP contribution in [0.1, 0.15) is 31.7 Å². The zero-order chi connectivity index (χ0) is 12.3. The van der Waals surface area contributed by atoms with Crippen molar-refractivity contribution < 1.29 is 9.84 Å². The molecule has 2 rings (SSSR count). The highest BCUT2D eigenvalue weighted by Gasteiger charge is 2.24. The van der Waals surface area contributed by atoms with E-state index in [9.17, 15) is 5.11 Å². The molecule has 0 saturated carbocycles. The molecular formula is C14H21NO2. The summed E-state index contributed by atoms with van der Waals surface area (Å²) in [6, 6.07) is 5.67. The van der Waals surface area contributed by atoms with Gasteiger partial charge in [0, 0.05) is 18.0 Å². The molecule has 1 aromatic carbocycles. The lowest BCUT2D eigenvalue weighted by molar-refractivity contribution is 0.215. The van der Waals surface area contributed by atoms with Gasteiger partial charge in [-0.15, -0.1) is 0 Å². The fourth-order valence-corrected chi connectivity index (χ4v) is 2.46. The fraction of sp³-hybridized carbons (Fsp3) is 0.571. The Bertz CT molecular complexity index is 374. The van der Waals surface area contributed by atoms with Gasteiger partial charge in [0.05, 0.1) is 6.61 Å². The molecule has 1 unspecified atom stereocenters. The van der Waals surface area contributed by atoms with Crippen molar-refractivity contribution in [2.24, 2.45) is 0 Å². The summed E-state index contributed by atoms with van der Waals surface area (Å²) in [4.78, 5) is 2.42. The summed E-state index contributed by atoms with van der Waals surface area (Å²) in [6.07, 6.45) is 1.03. The maximum atomic E-state index is 9.78. The third-order valence-electron chi connectivity index (χ3n) is 3.55. The van der Waals surface area contributed by atoms with Crippen LogP contribution in [0.2, 0.25) is 0 Å². The first-order valence-corrected chi connectivity index (χ1v) is 6.43. The van der Waals surface area contributed by atoms with Crippen LogP contribution in [0.3, 0.4) is 0 Å². The summed E-state index contributed by atoms with van der Waals surface area (Å²) in [7, 11) is 0. The van der Waals surface area contributed by atoms with E-state index in [1.807, 2.05) is 6.07 Å². The van der Waals surface area contributed by atoms with Gasteiger partial charge >= 0.3 is 0 Å². The van der Waals surface area contributed by atoms with Gasteiger partial charge in [0.2, 0.25) is 0 Å². The molecule has 0 amide bonds. The molecule has 1 N–H and O–H groups in total. The van der Waals surface area contributed by atoms with Gasteiger partial charge in [0.15, 0.2) is 11.5 Å². The van der Waals surface area contributed by atoms with E-state index in [4.69, 9.17) is 4.74 Å². The lowest BCUT2D eigenvalue weighted by Crippen LogP contribution is -2.30. The van der Waals surface area contributed by atoms with E-state index in [1.165, 1.54) is 0 Å². The SMILES string of the molecule is CCN(CC)CC1CCOc2c(O)cccc21. The Morgan fingerprint density at radius 2 is 2.12 bits per heavy atom. The van der Waals surface area contributed by atoms with Crippen molar-refractivity contribution in [2.45, 2.75) is 26.2 Å². The molecule has 1 aliphatic heterocycles. The lowest BCUT2D eigenvalue weighted by Gasteiger charge is -2.30. The van der Waals surface area contributed by atoms with Gasteiger partial charge < -0.3 is 14.7 Å². The number of hydrogen-bond acceptors (Lipinski definition) is 3. The van der Waals surface area contributed by atoms with Gasteiger partial charge in [0.25, 0.3) is 0 Å². The summed E-state index contributed by atoms with van der Waals surface area (Å²) in [6.45, 7) is 8.27. The van der Waals surface area contributed by atoms with Crippen molar-refractivity contribution in [3.8, 4) is 11.5 Å². The number of phenols is 1. The highest BCUT2D eigenvalue weighted by Crippen LogP contribution is 2.39. The predicted octanol–water partition coefficient (Wildman–Crippen LogP) is 2.60. The van der Waals surface area contributed by atoms with Crippen LogP contribution in [-0.4, -0.2) is 36.2 Å². The largest absolute Gasteiger partial charge is 0.504 e. The monoisotopic (exact) mass is 235 g/mol. The van der Waals surface area contributed by atoms with Crippen LogP contribution < -0.4 is 4.74 Å². The minimum atomic E-state index is 0.270. The Morgan fingerprint density at radius 1 is 1.35 bits per heavy atom. The predicted molar refractivity (Wildman–Crippen MR) is 68.7 cm³/mol. The molecule has 17 heavy (non-hydrogen) atoms. The first-order valence-electron chi connectivity index (χ1n) is 6.43. The molecule has 0 spiro atoms. The van der Waals surface area contributed by atoms with E-state index in [-0.39, 0.29) is 5.75 Å². The van der Waals surface area contributed by atoms with Gasteiger partial charge in [-0.25, -0.2) is 0 Å². The molecule has 1 aromatic rings. The summed E-state index contributed by atoms with van der Waals surface area (Å²) in [5.74, 6) is 1.44. The number of likely N-dealkylation sites (N-methyl/N-ethyl adjacent to an activating group) is 1. The van der Waals surface area contributed by atoms with Crippen molar-refractivity contribution in [1.82, 2.24) is 4.90 Å². The van der Waals surface area contributed by atoms with Crippen LogP contribution in [-0.2, 0) is 0 Å². The molecule has 3 heteroatoms. The third-order valence-corrected chi connectivity index (χ3v) is 3.55. The second-order valence-electron chi connectivity index (χ2n) is 4.52. The van der Waals surface area contributed by atoms with Gasteiger partial charge in [0.1, 0.15) is 0 Å². The van der Waals surface area contributed by atoms with Crippen molar-refractivity contribution in [2.75, 3.05) is 26.2 Å². The smallest absolute Gasteiger partial charge is 0.164 e. The maximum absolute atomic E-state index is 9.78. The third kappa shape index (κ3) is 2.55. The second kappa shape index (κ2) is 5.41. The number of hydrogen-bond donors (Lipinski definition) is 1. The molecule has 0 bridgehead atoms. The molecule has 0 saturated heterocycles. The van der Waals surface area contributed by atoms with Crippen LogP contribution in [0.15, 0.2) is 18.2 Å². The highest BCUT2D eigenvalue weighted by molar-refractivity contribution is 5.48. The van der Waals surface area contributed by atoms with Gasteiger partial charge in [-0.2, -0.15) is 0 Å². The van der Waals surface area contributed by atoms with Crippen molar-refractivity contribution in [3.05, 3.63) is 23.8 Å². The lowest BCUT2D eigenvalue weighted by atomic mass is 9.92. The number of aromatic hydroxyl groups is 1. The van der Waals surface area contributed by atoms with Crippen molar-refractivity contribution >= 4 is 0 Å². The summed E-state index contributed by atoms with van der Waals surface area (Å²) in [5.41, 5.74) is 1.16. The zero-order valence-electron chi connectivity index (χ0n) is 10.6. The Kier molecular flexibility index (Phi) is 3.89. The van der Waals surface area contributed by atoms with E-state index in [0.717, 1.165) is 31.6 Å². The molecule has 1 heterocycles. The average Bonchev–Trinajstić information content (AvgIpc) is 2.37. The Hall–Kier alpha value is -1.22. The first-order chi connectivity index (χ1) is 8.26. The van der Waals surface area contributed by atoms with Crippen molar-refractivity contribution in [3.63, 3.8) is 0 Å². The summed E-state index contributed by atoms with van der Waals surface area (Å²) in [5, 5.41) is 9.78. The van der Waals surface area contributed by atoms with E-state index < -0.39 is 0 Å². The zero-order valence-corrected chi connectivity index (χ0v) is 10.6. The Balaban J connectivity index is 2.20. The quantitative estimate of drug-likeness (QED) is 0.870. The molecule has 1 atom stereocenters. The van der Waals surface area contributed by atoms with Gasteiger partial charge in [-0.3, -0.25) is 0 Å². The van der Waals surface area contributed by atoms with E-state index >= 15 is 0 Å². The Labute approximate surface area is 103 Å². The maximum Gasteiger partial charge on any atom is 0.164 e. The van der Waals surface area contributed by atoms with Crippen molar-refractivity contribution in [1.29, 1.82) is 0 Å². The number of phenolic OH excluding ortho intramolecular Hbond substituents is 1. The standard InChI is InChI=1S/C14H21NO2/c1-3-15(4-2)10-11-8-9-17-14-12(11)6-5-7-13(14)16/h5-7,11,16H,3-4,8-10H2,1-2H3. The number of nitrogens with zero attached hydrogens (tertiary/aromatic N) is 1. The average molecular weight is 235 g/mol. The minimum absolute atomic E-state index is 0.270. The summed E-state index contributed by atoms with van der Waals surface area (Å²) < 4.78 is 5.56. The molecule has 94 valence electrons. The van der Waals surface area contributed by atoms with Crippen LogP contribution in [0.25, 0.3) is 0 Å². The van der Waals surface area contributed by atoms with Gasteiger partial charge in [-0.05, 0) is 25.6 Å². The molecule has 3 nitrogen and oxygen atoms in total. The number of rotatable bonds is 4. The van der Waals surface area contributed by atoms with E-state index in [1.54, 1.807) is 6.07 Å². The highest BCUT2D eigenvalue weighted by atomic mass is 16.5. The normalized spacial score (nSPS) is 18.9. The van der Waals surface area contributed by atoms with Crippen LogP contribution >= 0.6 is 0 Å². The minimum Gasteiger partial charge on any atom is -0.504 e.